The molecule has 31 heavy (non-hydrogen) atoms. The highest BCUT2D eigenvalue weighted by Crippen LogP contribution is 2.26. The minimum absolute atomic E-state index is 0.170. The van der Waals surface area contributed by atoms with Crippen LogP contribution in [0.25, 0.3) is 39.6 Å². The highest BCUT2D eigenvalue weighted by molar-refractivity contribution is 7.85. The van der Waals surface area contributed by atoms with Gasteiger partial charge in [0.15, 0.2) is 0 Å². The van der Waals surface area contributed by atoms with E-state index in [0.29, 0.717) is 16.4 Å². The Bertz CT molecular complexity index is 1540. The summed E-state index contributed by atoms with van der Waals surface area (Å²) in [5, 5.41) is 10.5. The lowest BCUT2D eigenvalue weighted by Crippen LogP contribution is -1.98. The summed E-state index contributed by atoms with van der Waals surface area (Å²) in [4.78, 5) is 1.35. The highest BCUT2D eigenvalue weighted by atomic mass is 32.2. The van der Waals surface area contributed by atoms with E-state index in [2.05, 4.69) is 10.2 Å². The van der Waals surface area contributed by atoms with Crippen LogP contribution in [0.5, 0.6) is 0 Å². The third-order valence-corrected chi connectivity index (χ3v) is 5.88. The predicted molar refractivity (Wildman–Crippen MR) is 122 cm³/mol. The Morgan fingerprint density at radius 2 is 1.45 bits per heavy atom. The van der Waals surface area contributed by atoms with Gasteiger partial charge in [-0.2, -0.15) is 13.2 Å². The van der Waals surface area contributed by atoms with Gasteiger partial charge >= 0.3 is 0 Å². The van der Waals surface area contributed by atoms with Crippen molar-refractivity contribution in [2.75, 3.05) is 0 Å². The molecule has 0 amide bonds. The van der Waals surface area contributed by atoms with Crippen LogP contribution in [0.4, 0.5) is 0 Å². The lowest BCUT2D eigenvalue weighted by Gasteiger charge is -2.01. The molecule has 0 atom stereocenters. The topological polar surface area (TPSA) is 85.1 Å². The van der Waals surface area contributed by atoms with Crippen LogP contribution in [0.3, 0.4) is 0 Å². The molecule has 1 heterocycles. The third-order valence-electron chi connectivity index (χ3n) is 5.03. The smallest absolute Gasteiger partial charge is 0.282 e. The van der Waals surface area contributed by atoms with Gasteiger partial charge in [0.1, 0.15) is 11.0 Å². The first-order valence-electron chi connectivity index (χ1n) is 9.58. The minimum atomic E-state index is -4.30. The van der Waals surface area contributed by atoms with Gasteiger partial charge in [-0.15, -0.1) is 10.2 Å². The highest BCUT2D eigenvalue weighted by Gasteiger charge is 2.14. The van der Waals surface area contributed by atoms with E-state index in [-0.39, 0.29) is 4.90 Å². The zero-order chi connectivity index (χ0) is 21.4. The monoisotopic (exact) mass is 427 g/mol. The van der Waals surface area contributed by atoms with Crippen LogP contribution in [-0.4, -0.2) is 28.0 Å². The van der Waals surface area contributed by atoms with E-state index in [1.165, 1.54) is 16.9 Å². The Morgan fingerprint density at radius 1 is 0.774 bits per heavy atom. The van der Waals surface area contributed by atoms with E-state index >= 15 is 0 Å². The van der Waals surface area contributed by atoms with E-state index in [1.54, 1.807) is 6.07 Å². The molecule has 7 heteroatoms. The fourth-order valence-electron chi connectivity index (χ4n) is 3.43. The zero-order valence-electron chi connectivity index (χ0n) is 16.3. The van der Waals surface area contributed by atoms with Crippen LogP contribution in [-0.2, 0) is 10.1 Å². The van der Waals surface area contributed by atoms with Crippen molar-refractivity contribution in [3.8, 4) is 5.69 Å². The molecule has 5 aromatic rings. The van der Waals surface area contributed by atoms with Crippen molar-refractivity contribution < 1.29 is 13.0 Å². The van der Waals surface area contributed by atoms with Crippen LogP contribution in [0, 0.1) is 0 Å². The van der Waals surface area contributed by atoms with E-state index in [1.807, 2.05) is 78.9 Å². The molecule has 0 aliphatic heterocycles. The van der Waals surface area contributed by atoms with Gasteiger partial charge in [-0.3, -0.25) is 4.55 Å². The summed E-state index contributed by atoms with van der Waals surface area (Å²) in [5.74, 6) is 0. The molecule has 1 aromatic heterocycles. The SMILES string of the molecule is O=S(=O)(O)c1ccc2ccc3nn(-c4ccc(/C=C/c5ccccc5)cc4)nc3c2c1. The fraction of sp³-hybridized carbons (Fsp3) is 0. The van der Waals surface area contributed by atoms with Gasteiger partial charge in [-0.1, -0.05) is 66.7 Å². The van der Waals surface area contributed by atoms with Gasteiger partial charge in [0.05, 0.1) is 10.6 Å². The first-order valence-corrected chi connectivity index (χ1v) is 11.0. The first-order chi connectivity index (χ1) is 15.0. The Balaban J connectivity index is 1.51. The summed E-state index contributed by atoms with van der Waals surface area (Å²) >= 11 is 0. The van der Waals surface area contributed by atoms with E-state index < -0.39 is 10.1 Å². The Labute approximate surface area is 178 Å². The Hall–Kier alpha value is -3.81. The number of nitrogens with zero attached hydrogens (tertiary/aromatic N) is 3. The van der Waals surface area contributed by atoms with Crippen molar-refractivity contribution >= 4 is 44.1 Å². The van der Waals surface area contributed by atoms with Crippen LogP contribution >= 0.6 is 0 Å². The van der Waals surface area contributed by atoms with Gasteiger partial charge in [0.2, 0.25) is 0 Å². The van der Waals surface area contributed by atoms with Gasteiger partial charge in [-0.25, -0.2) is 0 Å². The maximum atomic E-state index is 11.5. The molecular weight excluding hydrogens is 410 g/mol. The molecule has 0 radical (unpaired) electrons. The fourth-order valence-corrected chi connectivity index (χ4v) is 3.93. The van der Waals surface area contributed by atoms with Crippen molar-refractivity contribution in [1.29, 1.82) is 0 Å². The molecule has 0 aliphatic rings. The summed E-state index contributed by atoms with van der Waals surface area (Å²) in [7, 11) is -4.30. The molecule has 1 N–H and O–H groups in total. The molecule has 152 valence electrons. The molecule has 5 rings (SSSR count). The van der Waals surface area contributed by atoms with Crippen LogP contribution < -0.4 is 0 Å². The second-order valence-electron chi connectivity index (χ2n) is 7.12. The molecule has 0 saturated carbocycles. The Morgan fingerprint density at radius 3 is 2.16 bits per heavy atom. The van der Waals surface area contributed by atoms with Gasteiger partial charge < -0.3 is 0 Å². The summed E-state index contributed by atoms with van der Waals surface area (Å²) in [6.45, 7) is 0. The molecule has 6 nitrogen and oxygen atoms in total. The van der Waals surface area contributed by atoms with Crippen molar-refractivity contribution in [3.05, 3.63) is 96.1 Å². The van der Waals surface area contributed by atoms with E-state index in [4.69, 9.17) is 0 Å². The summed E-state index contributed by atoms with van der Waals surface area (Å²) in [6, 6.07) is 26.0. The summed E-state index contributed by atoms with van der Waals surface area (Å²) < 4.78 is 32.4. The predicted octanol–water partition coefficient (Wildman–Crippen LogP) is 4.99. The maximum absolute atomic E-state index is 11.5. The van der Waals surface area contributed by atoms with Crippen LogP contribution in [0.15, 0.2) is 89.8 Å². The number of rotatable bonds is 4. The van der Waals surface area contributed by atoms with Gasteiger partial charge in [0.25, 0.3) is 10.1 Å². The molecule has 0 unspecified atom stereocenters. The molecule has 0 fully saturated rings. The summed E-state index contributed by atoms with van der Waals surface area (Å²) in [6.07, 6.45) is 4.09. The van der Waals surface area contributed by atoms with Crippen molar-refractivity contribution in [2.45, 2.75) is 4.90 Å². The number of aromatic nitrogens is 3. The average molecular weight is 427 g/mol. The summed E-state index contributed by atoms with van der Waals surface area (Å²) in [5.41, 5.74) is 4.16. The number of fused-ring (bicyclic) bond motifs is 3. The first kappa shape index (κ1) is 19.2. The average Bonchev–Trinajstić information content (AvgIpc) is 3.23. The normalized spacial score (nSPS) is 12.2. The molecular formula is C24H17N3O3S. The van der Waals surface area contributed by atoms with E-state index in [0.717, 1.165) is 22.2 Å². The largest absolute Gasteiger partial charge is 0.294 e. The van der Waals surface area contributed by atoms with E-state index in [9.17, 15) is 13.0 Å². The number of hydrogen-bond donors (Lipinski definition) is 1. The van der Waals surface area contributed by atoms with Crippen LogP contribution in [0.2, 0.25) is 0 Å². The zero-order valence-corrected chi connectivity index (χ0v) is 17.1. The second kappa shape index (κ2) is 7.46. The standard InChI is InChI=1S/C24H17N3O3S/c28-31(29,30)21-14-10-19-11-15-23-24(22(19)16-21)26-27(25-23)20-12-8-18(9-13-20)7-6-17-4-2-1-3-5-17/h1-16H,(H,28,29,30)/b7-6+. The molecule has 0 saturated heterocycles. The maximum Gasteiger partial charge on any atom is 0.294 e. The molecule has 0 bridgehead atoms. The van der Waals surface area contributed by atoms with Gasteiger partial charge in [-0.05, 0) is 46.8 Å². The number of benzene rings is 4. The molecule has 0 spiro atoms. The van der Waals surface area contributed by atoms with Crippen molar-refractivity contribution in [1.82, 2.24) is 15.0 Å². The second-order valence-corrected chi connectivity index (χ2v) is 8.54. The lowest BCUT2D eigenvalue weighted by molar-refractivity contribution is 0.483. The van der Waals surface area contributed by atoms with Crippen molar-refractivity contribution in [3.63, 3.8) is 0 Å². The van der Waals surface area contributed by atoms with Crippen molar-refractivity contribution in [2.24, 2.45) is 0 Å². The van der Waals surface area contributed by atoms with Crippen LogP contribution in [0.1, 0.15) is 11.1 Å². The minimum Gasteiger partial charge on any atom is -0.282 e. The molecule has 4 aromatic carbocycles. The lowest BCUT2D eigenvalue weighted by atomic mass is 10.1. The quantitative estimate of drug-likeness (QED) is 0.323. The van der Waals surface area contributed by atoms with Gasteiger partial charge in [0, 0.05) is 5.39 Å². The molecule has 0 aliphatic carbocycles. The third kappa shape index (κ3) is 3.84. The Kier molecular flexibility index (Phi) is 4.62. The number of hydrogen-bond acceptors (Lipinski definition) is 4.